The average molecular weight is 184 g/mol. The highest BCUT2D eigenvalue weighted by Gasteiger charge is 2.20. The van der Waals surface area contributed by atoms with E-state index in [1.807, 2.05) is 0 Å². The van der Waals surface area contributed by atoms with Gasteiger partial charge in [-0.3, -0.25) is 0 Å². The van der Waals surface area contributed by atoms with Crippen LogP contribution in [0.5, 0.6) is 0 Å². The molecule has 1 saturated heterocycles. The van der Waals surface area contributed by atoms with Gasteiger partial charge in [-0.25, -0.2) is 0 Å². The van der Waals surface area contributed by atoms with Gasteiger partial charge in [0.1, 0.15) is 0 Å². The van der Waals surface area contributed by atoms with E-state index >= 15 is 0 Å². The number of epoxide rings is 1. The van der Waals surface area contributed by atoms with Crippen LogP contribution < -0.4 is 0 Å². The van der Waals surface area contributed by atoms with Crippen LogP contribution in [0.15, 0.2) is 11.3 Å². The van der Waals surface area contributed by atoms with Gasteiger partial charge in [0.05, 0.1) is 12.7 Å². The summed E-state index contributed by atoms with van der Waals surface area (Å²) in [6, 6.07) is 1.48. The monoisotopic (exact) mass is 184 g/mol. The van der Waals surface area contributed by atoms with E-state index in [4.69, 9.17) is 4.74 Å². The molecule has 12 heavy (non-hydrogen) atoms. The van der Waals surface area contributed by atoms with Crippen LogP contribution in [0.1, 0.15) is 33.1 Å². The molecule has 0 aromatic heterocycles. The molecule has 0 radical (unpaired) electrons. The minimum Gasteiger partial charge on any atom is -0.373 e. The third-order valence-corrected chi connectivity index (χ3v) is 4.20. The van der Waals surface area contributed by atoms with E-state index in [-0.39, 0.29) is 9.52 Å². The van der Waals surface area contributed by atoms with Crippen molar-refractivity contribution in [2.75, 3.05) is 6.61 Å². The topological polar surface area (TPSA) is 12.5 Å². The Kier molecular flexibility index (Phi) is 4.62. The Hall–Kier alpha value is -0.0831. The number of hydrogen-bond donors (Lipinski definition) is 0. The van der Waals surface area contributed by atoms with Crippen LogP contribution >= 0.6 is 0 Å². The molecule has 70 valence electrons. The van der Waals surface area contributed by atoms with Crippen LogP contribution in [0.25, 0.3) is 0 Å². The Morgan fingerprint density at radius 3 is 2.83 bits per heavy atom. The van der Waals surface area contributed by atoms with Gasteiger partial charge in [0.25, 0.3) is 0 Å². The van der Waals surface area contributed by atoms with Crippen molar-refractivity contribution in [2.45, 2.75) is 45.3 Å². The van der Waals surface area contributed by atoms with Gasteiger partial charge < -0.3 is 4.74 Å². The first-order chi connectivity index (χ1) is 5.79. The van der Waals surface area contributed by atoms with E-state index < -0.39 is 0 Å². The van der Waals surface area contributed by atoms with Crippen molar-refractivity contribution in [1.29, 1.82) is 0 Å². The van der Waals surface area contributed by atoms with Gasteiger partial charge in [-0.15, -0.1) is 5.70 Å². The first-order valence-corrected chi connectivity index (χ1v) is 6.85. The Morgan fingerprint density at radius 1 is 1.50 bits per heavy atom. The molecule has 2 heteroatoms. The maximum absolute atomic E-state index is 5.15. The van der Waals surface area contributed by atoms with Gasteiger partial charge in [0, 0.05) is 9.52 Å². The number of unbranched alkanes of at least 4 members (excludes halogenated alkanes) is 1. The summed E-state index contributed by atoms with van der Waals surface area (Å²) in [7, 11) is 0.137. The van der Waals surface area contributed by atoms with Crippen LogP contribution in [-0.2, 0) is 4.74 Å². The fourth-order valence-corrected chi connectivity index (χ4v) is 2.74. The summed E-state index contributed by atoms with van der Waals surface area (Å²) in [6.45, 7) is 5.43. The zero-order chi connectivity index (χ0) is 8.81. The average Bonchev–Trinajstić information content (AvgIpc) is 2.79. The lowest BCUT2D eigenvalue weighted by atomic mass is 10.2. The summed E-state index contributed by atoms with van der Waals surface area (Å²) in [4.78, 5) is 0. The first kappa shape index (κ1) is 10.0. The molecule has 0 spiro atoms. The molecular weight excluding hydrogens is 164 g/mol. The van der Waals surface area contributed by atoms with Crippen molar-refractivity contribution < 1.29 is 4.74 Å². The zero-order valence-corrected chi connectivity index (χ0v) is 9.72. The van der Waals surface area contributed by atoms with E-state index in [9.17, 15) is 0 Å². The fourth-order valence-electron chi connectivity index (χ4n) is 1.32. The number of allylic oxidation sites excluding steroid dienone is 1. The van der Waals surface area contributed by atoms with Gasteiger partial charge in [-0.05, 0) is 20.3 Å². The standard InChI is InChI=1S/C10H20OSi/c1-9(2)8-12-6-4-3-5-10-7-11-10/h8,10H,3-7,12H2,1-2H3. The van der Waals surface area contributed by atoms with Crippen molar-refractivity contribution >= 4 is 9.52 Å². The SMILES string of the molecule is CC(C)=C[SiH2]CCCCC1CO1. The third-order valence-electron chi connectivity index (χ3n) is 2.19. The molecule has 0 saturated carbocycles. The van der Waals surface area contributed by atoms with Crippen molar-refractivity contribution in [2.24, 2.45) is 0 Å². The first-order valence-electron chi connectivity index (χ1n) is 5.04. The normalized spacial score (nSPS) is 21.7. The highest BCUT2D eigenvalue weighted by molar-refractivity contribution is 6.42. The van der Waals surface area contributed by atoms with E-state index in [1.54, 1.807) is 0 Å². The molecule has 1 aliphatic rings. The van der Waals surface area contributed by atoms with Crippen molar-refractivity contribution in [1.82, 2.24) is 0 Å². The third kappa shape index (κ3) is 5.55. The molecule has 0 N–H and O–H groups in total. The molecule has 1 unspecified atom stereocenters. The fraction of sp³-hybridized carbons (Fsp3) is 0.800. The second kappa shape index (κ2) is 5.54. The molecule has 0 amide bonds. The minimum absolute atomic E-state index is 0.137. The molecule has 1 fully saturated rings. The summed E-state index contributed by atoms with van der Waals surface area (Å²) in [5.74, 6) is 0. The summed E-state index contributed by atoms with van der Waals surface area (Å²) < 4.78 is 5.15. The predicted octanol–water partition coefficient (Wildman–Crippen LogP) is 2.07. The van der Waals surface area contributed by atoms with Crippen LogP contribution in [0.2, 0.25) is 6.04 Å². The second-order valence-electron chi connectivity index (χ2n) is 3.87. The maximum atomic E-state index is 5.15. The predicted molar refractivity (Wildman–Crippen MR) is 56.4 cm³/mol. The molecule has 0 aromatic carbocycles. The Labute approximate surface area is 78.0 Å². The minimum atomic E-state index is 0.137. The second-order valence-corrected chi connectivity index (χ2v) is 5.57. The molecule has 1 nitrogen and oxygen atoms in total. The summed E-state index contributed by atoms with van der Waals surface area (Å²) in [6.07, 6.45) is 4.77. The number of rotatable bonds is 6. The molecule has 0 aromatic rings. The lowest BCUT2D eigenvalue weighted by Crippen LogP contribution is -1.89. The van der Waals surface area contributed by atoms with Gasteiger partial charge in [-0.2, -0.15) is 0 Å². The van der Waals surface area contributed by atoms with Crippen LogP contribution in [0.3, 0.4) is 0 Å². The van der Waals surface area contributed by atoms with Crippen LogP contribution in [0.4, 0.5) is 0 Å². The lowest BCUT2D eigenvalue weighted by Gasteiger charge is -1.95. The smallest absolute Gasteiger partial charge is 0.0810 e. The number of hydrogen-bond acceptors (Lipinski definition) is 1. The molecule has 1 aliphatic heterocycles. The summed E-state index contributed by atoms with van der Waals surface area (Å²) in [5, 5.41) is 0. The van der Waals surface area contributed by atoms with Crippen LogP contribution in [0, 0.1) is 0 Å². The molecular formula is C10H20OSi. The van der Waals surface area contributed by atoms with Gasteiger partial charge in [-0.1, -0.05) is 24.5 Å². The Balaban J connectivity index is 1.78. The Bertz CT molecular complexity index is 146. The molecule has 1 rings (SSSR count). The van der Waals surface area contributed by atoms with Gasteiger partial charge >= 0.3 is 0 Å². The molecule has 0 aliphatic carbocycles. The maximum Gasteiger partial charge on any atom is 0.0810 e. The largest absolute Gasteiger partial charge is 0.373 e. The molecule has 0 bridgehead atoms. The van der Waals surface area contributed by atoms with Crippen molar-refractivity contribution in [3.05, 3.63) is 11.3 Å². The van der Waals surface area contributed by atoms with E-state index in [0.29, 0.717) is 6.10 Å². The summed E-state index contributed by atoms with van der Waals surface area (Å²) >= 11 is 0. The highest BCUT2D eigenvalue weighted by atomic mass is 28.2. The number of ether oxygens (including phenoxy) is 1. The van der Waals surface area contributed by atoms with Crippen LogP contribution in [-0.4, -0.2) is 22.2 Å². The van der Waals surface area contributed by atoms with Gasteiger partial charge in [0.2, 0.25) is 0 Å². The van der Waals surface area contributed by atoms with Crippen molar-refractivity contribution in [3.8, 4) is 0 Å². The van der Waals surface area contributed by atoms with E-state index in [1.165, 1.54) is 30.9 Å². The zero-order valence-electron chi connectivity index (χ0n) is 8.31. The highest BCUT2D eigenvalue weighted by Crippen LogP contribution is 2.17. The lowest BCUT2D eigenvalue weighted by molar-refractivity contribution is 0.391. The quantitative estimate of drug-likeness (QED) is 0.350. The van der Waals surface area contributed by atoms with Gasteiger partial charge in [0.15, 0.2) is 0 Å². The molecule has 1 heterocycles. The van der Waals surface area contributed by atoms with Crippen molar-refractivity contribution in [3.63, 3.8) is 0 Å². The summed E-state index contributed by atoms with van der Waals surface area (Å²) in [5.41, 5.74) is 3.97. The molecule has 1 atom stereocenters. The van der Waals surface area contributed by atoms with E-state index in [2.05, 4.69) is 19.5 Å². The van der Waals surface area contributed by atoms with E-state index in [0.717, 1.165) is 6.61 Å². The Morgan fingerprint density at radius 2 is 2.25 bits per heavy atom.